The highest BCUT2D eigenvalue weighted by molar-refractivity contribution is 7.09. The van der Waals surface area contributed by atoms with Crippen LogP contribution in [0.25, 0.3) is 21.5 Å². The molecule has 0 radical (unpaired) electrons. The van der Waals surface area contributed by atoms with Crippen molar-refractivity contribution in [3.8, 4) is 10.6 Å². The maximum atomic E-state index is 5.57. The van der Waals surface area contributed by atoms with Crippen LogP contribution in [0.5, 0.6) is 0 Å². The summed E-state index contributed by atoms with van der Waals surface area (Å²) >= 11 is 1.31. The van der Waals surface area contributed by atoms with Gasteiger partial charge in [0.05, 0.1) is 40.5 Å². The van der Waals surface area contributed by atoms with Gasteiger partial charge >= 0.3 is 0 Å². The largest absolute Gasteiger partial charge is 0.380 e. The molecule has 3 aromatic heterocycles. The van der Waals surface area contributed by atoms with Gasteiger partial charge in [-0.1, -0.05) is 4.49 Å². The summed E-state index contributed by atoms with van der Waals surface area (Å²) in [7, 11) is 0. The first kappa shape index (κ1) is 15.8. The third-order valence-corrected chi connectivity index (χ3v) is 4.02. The van der Waals surface area contributed by atoms with Gasteiger partial charge in [-0.05, 0) is 37.0 Å². The van der Waals surface area contributed by atoms with Crippen LogP contribution in [0.1, 0.15) is 12.8 Å². The van der Waals surface area contributed by atoms with Gasteiger partial charge in [0.2, 0.25) is 0 Å². The lowest BCUT2D eigenvalue weighted by Gasteiger charge is -2.09. The monoisotopic (exact) mass is 333 g/mol. The molecule has 0 atom stereocenters. The minimum atomic E-state index is 0.623. The summed E-state index contributed by atoms with van der Waals surface area (Å²) in [6, 6.07) is 1.95. The average Bonchev–Trinajstić information content (AvgIpc) is 3.24. The number of anilines is 1. The third kappa shape index (κ3) is 4.01. The summed E-state index contributed by atoms with van der Waals surface area (Å²) in [5, 5.41) is 15.2. The van der Waals surface area contributed by atoms with Crippen LogP contribution >= 0.6 is 11.5 Å². The second-order valence-electron chi connectivity index (χ2n) is 5.00. The summed E-state index contributed by atoms with van der Waals surface area (Å²) in [5.41, 5.74) is 7.20. The number of hydrogen-bond acceptors (Lipinski definition) is 8. The second-order valence-corrected chi connectivity index (χ2v) is 5.79. The van der Waals surface area contributed by atoms with Gasteiger partial charge in [-0.15, -0.1) is 5.10 Å². The molecule has 3 rings (SSSR count). The van der Waals surface area contributed by atoms with Gasteiger partial charge in [-0.3, -0.25) is 5.10 Å². The highest BCUT2D eigenvalue weighted by atomic mass is 32.1. The zero-order valence-electron chi connectivity index (χ0n) is 12.7. The van der Waals surface area contributed by atoms with Gasteiger partial charge in [-0.2, -0.15) is 5.10 Å². The van der Waals surface area contributed by atoms with Crippen molar-refractivity contribution in [2.45, 2.75) is 12.8 Å². The number of aromatic amines is 1. The maximum absolute atomic E-state index is 5.57. The number of nitrogens with one attached hydrogen (secondary N) is 2. The van der Waals surface area contributed by atoms with Gasteiger partial charge in [0, 0.05) is 13.2 Å². The van der Waals surface area contributed by atoms with Gasteiger partial charge in [0.15, 0.2) is 0 Å². The molecule has 0 aliphatic rings. The molecule has 4 N–H and O–H groups in total. The van der Waals surface area contributed by atoms with Crippen LogP contribution in [0.15, 0.2) is 18.5 Å². The zero-order valence-corrected chi connectivity index (χ0v) is 13.5. The van der Waals surface area contributed by atoms with E-state index in [9.17, 15) is 0 Å². The lowest BCUT2D eigenvalue weighted by molar-refractivity contribution is 0.140. The topological polar surface area (TPSA) is 115 Å². The van der Waals surface area contributed by atoms with E-state index in [0.29, 0.717) is 19.7 Å². The number of aromatic nitrogens is 5. The first-order chi connectivity index (χ1) is 11.4. The van der Waals surface area contributed by atoms with Crippen molar-refractivity contribution in [3.05, 3.63) is 18.5 Å². The van der Waals surface area contributed by atoms with E-state index in [1.807, 2.05) is 6.07 Å². The number of rotatable bonds is 9. The summed E-state index contributed by atoms with van der Waals surface area (Å²) in [5.74, 6) is 0.783. The third-order valence-electron chi connectivity index (χ3n) is 3.33. The number of pyridine rings is 1. The summed E-state index contributed by atoms with van der Waals surface area (Å²) in [6.07, 6.45) is 5.46. The Morgan fingerprint density at radius 2 is 2.22 bits per heavy atom. The van der Waals surface area contributed by atoms with Crippen LogP contribution in [-0.2, 0) is 4.74 Å². The smallest absolute Gasteiger partial charge is 0.137 e. The van der Waals surface area contributed by atoms with Crippen molar-refractivity contribution in [1.29, 1.82) is 0 Å². The van der Waals surface area contributed by atoms with Crippen LogP contribution in [0, 0.1) is 0 Å². The molecule has 3 aromatic rings. The molecule has 0 saturated carbocycles. The summed E-state index contributed by atoms with van der Waals surface area (Å²) < 4.78 is 9.45. The highest BCUT2D eigenvalue weighted by Gasteiger charge is 2.10. The minimum absolute atomic E-state index is 0.623. The summed E-state index contributed by atoms with van der Waals surface area (Å²) in [6.45, 7) is 2.75. The standard InChI is InChI=1S/C14H19N7OS/c15-3-1-2-5-22-6-4-16-14-10-8-17-20-11(10)7-12(19-14)13-9-18-21-23-13/h7-9H,1-6,15H2,(H,16,19)(H,17,20). The number of ether oxygens (including phenoxy) is 1. The number of hydrogen-bond donors (Lipinski definition) is 3. The highest BCUT2D eigenvalue weighted by Crippen LogP contribution is 2.27. The van der Waals surface area contributed by atoms with E-state index in [1.54, 1.807) is 12.4 Å². The molecule has 0 aliphatic heterocycles. The van der Waals surface area contributed by atoms with Crippen LogP contribution in [-0.4, -0.2) is 51.1 Å². The first-order valence-electron chi connectivity index (χ1n) is 7.52. The quantitative estimate of drug-likeness (QED) is 0.510. The first-order valence-corrected chi connectivity index (χ1v) is 8.29. The molecule has 0 amide bonds. The Bertz CT molecular complexity index is 728. The van der Waals surface area contributed by atoms with E-state index in [0.717, 1.165) is 46.7 Å². The molecule has 0 fully saturated rings. The van der Waals surface area contributed by atoms with Gasteiger partial charge < -0.3 is 15.8 Å². The van der Waals surface area contributed by atoms with Crippen molar-refractivity contribution in [2.24, 2.45) is 5.73 Å². The van der Waals surface area contributed by atoms with Crippen molar-refractivity contribution in [3.63, 3.8) is 0 Å². The molecule has 0 aliphatic carbocycles. The summed E-state index contributed by atoms with van der Waals surface area (Å²) in [4.78, 5) is 5.57. The molecule has 3 heterocycles. The molecular formula is C14H19N7OS. The predicted molar refractivity (Wildman–Crippen MR) is 90.4 cm³/mol. The van der Waals surface area contributed by atoms with Crippen molar-refractivity contribution in [1.82, 2.24) is 24.8 Å². The van der Waals surface area contributed by atoms with E-state index in [1.165, 1.54) is 11.5 Å². The predicted octanol–water partition coefficient (Wildman–Crippen LogP) is 1.64. The minimum Gasteiger partial charge on any atom is -0.380 e. The Morgan fingerprint density at radius 1 is 1.26 bits per heavy atom. The molecule has 0 aromatic carbocycles. The van der Waals surface area contributed by atoms with E-state index in [-0.39, 0.29) is 0 Å². The molecule has 122 valence electrons. The SMILES string of the molecule is NCCCCOCCNc1nc(-c2cnns2)cc2[nH]ncc12. The van der Waals surface area contributed by atoms with Crippen molar-refractivity contribution >= 4 is 28.3 Å². The zero-order chi connectivity index (χ0) is 15.9. The Labute approximate surface area is 137 Å². The molecule has 23 heavy (non-hydrogen) atoms. The van der Waals surface area contributed by atoms with Crippen LogP contribution in [0.3, 0.4) is 0 Å². The van der Waals surface area contributed by atoms with Crippen LogP contribution in [0.2, 0.25) is 0 Å². The molecule has 0 saturated heterocycles. The lowest BCUT2D eigenvalue weighted by Crippen LogP contribution is -2.12. The van der Waals surface area contributed by atoms with Gasteiger partial charge in [0.1, 0.15) is 5.82 Å². The van der Waals surface area contributed by atoms with Gasteiger partial charge in [0.25, 0.3) is 0 Å². The Morgan fingerprint density at radius 3 is 3.04 bits per heavy atom. The number of H-pyrrole nitrogens is 1. The number of unbranched alkanes of at least 4 members (excludes halogenated alkanes) is 1. The van der Waals surface area contributed by atoms with Gasteiger partial charge in [-0.25, -0.2) is 4.98 Å². The molecule has 8 nitrogen and oxygen atoms in total. The molecule has 0 spiro atoms. The van der Waals surface area contributed by atoms with E-state index < -0.39 is 0 Å². The lowest BCUT2D eigenvalue weighted by atomic mass is 10.2. The Kier molecular flexibility index (Phi) is 5.46. The fourth-order valence-electron chi connectivity index (χ4n) is 2.18. The maximum Gasteiger partial charge on any atom is 0.137 e. The fourth-order valence-corrected chi connectivity index (χ4v) is 2.65. The van der Waals surface area contributed by atoms with E-state index >= 15 is 0 Å². The molecule has 9 heteroatoms. The number of nitrogens with two attached hydrogens (primary N) is 1. The average molecular weight is 333 g/mol. The van der Waals surface area contributed by atoms with Crippen molar-refractivity contribution in [2.75, 3.05) is 31.6 Å². The normalized spacial score (nSPS) is 11.2. The Hall–Kier alpha value is -2.10. The number of nitrogens with zero attached hydrogens (tertiary/aromatic N) is 4. The van der Waals surface area contributed by atoms with E-state index in [2.05, 4.69) is 30.1 Å². The van der Waals surface area contributed by atoms with Crippen LogP contribution in [0.4, 0.5) is 5.82 Å². The van der Waals surface area contributed by atoms with Crippen molar-refractivity contribution < 1.29 is 4.74 Å². The second kappa shape index (κ2) is 7.95. The Balaban J connectivity index is 1.64. The fraction of sp³-hybridized carbons (Fsp3) is 0.429. The van der Waals surface area contributed by atoms with Crippen LogP contribution < -0.4 is 11.1 Å². The number of fused-ring (bicyclic) bond motifs is 1. The molecule has 0 unspecified atom stereocenters. The van der Waals surface area contributed by atoms with E-state index in [4.69, 9.17) is 10.5 Å². The molecular weight excluding hydrogens is 314 g/mol. The molecule has 0 bridgehead atoms.